The first-order valence-electron chi connectivity index (χ1n) is 10.5. The van der Waals surface area contributed by atoms with Gasteiger partial charge in [-0.25, -0.2) is 13.6 Å². The number of primary sulfonamides is 1. The van der Waals surface area contributed by atoms with Crippen molar-refractivity contribution in [2.24, 2.45) is 5.14 Å². The van der Waals surface area contributed by atoms with Gasteiger partial charge in [0.1, 0.15) is 5.75 Å². The number of hydrogen-bond donors (Lipinski definition) is 2. The summed E-state index contributed by atoms with van der Waals surface area (Å²) in [4.78, 5) is 14.9. The van der Waals surface area contributed by atoms with E-state index in [4.69, 9.17) is 5.14 Å². The Morgan fingerprint density at radius 1 is 0.889 bits per heavy atom. The fourth-order valence-electron chi connectivity index (χ4n) is 4.40. The molecule has 5 rings (SSSR count). The average Bonchev–Trinajstić information content (AvgIpc) is 3.05. The molecule has 11 heteroatoms. The van der Waals surface area contributed by atoms with E-state index in [9.17, 15) is 31.5 Å². The van der Waals surface area contributed by atoms with Gasteiger partial charge in [0, 0.05) is 10.9 Å². The van der Waals surface area contributed by atoms with Crippen LogP contribution in [0.1, 0.15) is 11.1 Å². The molecule has 0 saturated carbocycles. The number of ether oxygens (including phenoxy) is 1. The van der Waals surface area contributed by atoms with Gasteiger partial charge in [0.2, 0.25) is 10.0 Å². The molecule has 0 aliphatic carbocycles. The third-order valence-corrected chi connectivity index (χ3v) is 6.88. The molecule has 1 atom stereocenters. The summed E-state index contributed by atoms with van der Waals surface area (Å²) in [5, 5.41) is 17.7. The van der Waals surface area contributed by atoms with Gasteiger partial charge in [-0.2, -0.15) is 0 Å². The molecule has 0 aromatic heterocycles. The van der Waals surface area contributed by atoms with Crippen molar-refractivity contribution in [2.75, 3.05) is 4.90 Å². The lowest BCUT2D eigenvalue weighted by atomic mass is 9.87. The molecule has 1 amide bonds. The molecule has 0 bridgehead atoms. The number of amides is 1. The second kappa shape index (κ2) is 8.05. The number of aliphatic hydroxyl groups is 1. The van der Waals surface area contributed by atoms with Crippen molar-refractivity contribution in [3.05, 3.63) is 96.1 Å². The van der Waals surface area contributed by atoms with Gasteiger partial charge in [-0.15, -0.1) is 13.2 Å². The number of hydrogen-bond acceptors (Lipinski definition) is 5. The predicted octanol–water partition coefficient (Wildman–Crippen LogP) is 4.30. The summed E-state index contributed by atoms with van der Waals surface area (Å²) in [5.74, 6) is -1.15. The van der Waals surface area contributed by atoms with Gasteiger partial charge in [0.05, 0.1) is 16.3 Å². The number of halogens is 3. The maximum absolute atomic E-state index is 13.8. The minimum Gasteiger partial charge on any atom is -0.406 e. The summed E-state index contributed by atoms with van der Waals surface area (Å²) in [6, 6.07) is 20.0. The Bertz CT molecular complexity index is 1620. The van der Waals surface area contributed by atoms with E-state index >= 15 is 0 Å². The van der Waals surface area contributed by atoms with E-state index in [0.717, 1.165) is 6.07 Å². The van der Waals surface area contributed by atoms with Crippen LogP contribution in [-0.4, -0.2) is 25.8 Å². The van der Waals surface area contributed by atoms with Crippen molar-refractivity contribution in [1.82, 2.24) is 0 Å². The Morgan fingerprint density at radius 2 is 1.56 bits per heavy atom. The summed E-state index contributed by atoms with van der Waals surface area (Å²) in [6.07, 6.45) is -4.86. The van der Waals surface area contributed by atoms with Gasteiger partial charge in [-0.05, 0) is 53.4 Å². The quantitative estimate of drug-likeness (QED) is 0.422. The fraction of sp³-hybridized carbons (Fsp3) is 0.0800. The number of nitrogens with two attached hydrogens (primary N) is 1. The standard InChI is InChI=1S/C25H17F3N2O5S/c26-25(27,28)35-17-10-13-19-15(14-17)4-3-7-21(19)30-22-6-2-1-5-20(22)24(32,23(30)31)16-8-11-18(12-9-16)36(29,33)34/h1-14,32H,(H2,29,33,34). The highest BCUT2D eigenvalue weighted by molar-refractivity contribution is 7.89. The van der Waals surface area contributed by atoms with Crippen LogP contribution in [0.5, 0.6) is 5.75 Å². The lowest BCUT2D eigenvalue weighted by molar-refractivity contribution is -0.274. The normalized spacial score (nSPS) is 17.9. The zero-order valence-corrected chi connectivity index (χ0v) is 19.0. The number of alkyl halides is 3. The molecule has 7 nitrogen and oxygen atoms in total. The monoisotopic (exact) mass is 514 g/mol. The molecule has 1 aliphatic rings. The molecular formula is C25H17F3N2O5S. The van der Waals surface area contributed by atoms with E-state index in [0.29, 0.717) is 22.1 Å². The van der Waals surface area contributed by atoms with Crippen molar-refractivity contribution in [3.63, 3.8) is 0 Å². The molecule has 184 valence electrons. The highest BCUT2D eigenvalue weighted by atomic mass is 32.2. The number of sulfonamides is 1. The second-order valence-corrected chi connectivity index (χ2v) is 9.71. The maximum Gasteiger partial charge on any atom is 0.573 e. The first kappa shape index (κ1) is 23.8. The Labute approximate surface area is 203 Å². The molecule has 1 heterocycles. The Balaban J connectivity index is 1.65. The molecule has 0 saturated heterocycles. The summed E-state index contributed by atoms with van der Waals surface area (Å²) in [7, 11) is -3.99. The minimum absolute atomic E-state index is 0.121. The lowest BCUT2D eigenvalue weighted by Crippen LogP contribution is -2.39. The topological polar surface area (TPSA) is 110 Å². The highest BCUT2D eigenvalue weighted by Crippen LogP contribution is 2.49. The Hall–Kier alpha value is -3.93. The molecule has 0 spiro atoms. The van der Waals surface area contributed by atoms with E-state index in [1.54, 1.807) is 42.5 Å². The molecule has 36 heavy (non-hydrogen) atoms. The SMILES string of the molecule is NS(=O)(=O)c1ccc(C2(O)C(=O)N(c3cccc4cc(OC(F)(F)F)ccc34)c3ccccc32)cc1. The fourth-order valence-corrected chi connectivity index (χ4v) is 4.92. The average molecular weight is 514 g/mol. The summed E-state index contributed by atoms with van der Waals surface area (Å²) in [6.45, 7) is 0. The van der Waals surface area contributed by atoms with Crippen molar-refractivity contribution in [3.8, 4) is 5.75 Å². The van der Waals surface area contributed by atoms with Crippen LogP contribution in [-0.2, 0) is 20.4 Å². The summed E-state index contributed by atoms with van der Waals surface area (Å²) in [5.41, 5.74) is -1.08. The zero-order chi connectivity index (χ0) is 25.9. The van der Waals surface area contributed by atoms with Crippen LogP contribution in [0.2, 0.25) is 0 Å². The van der Waals surface area contributed by atoms with E-state index < -0.39 is 33.6 Å². The predicted molar refractivity (Wildman–Crippen MR) is 125 cm³/mol. The lowest BCUT2D eigenvalue weighted by Gasteiger charge is -2.25. The van der Waals surface area contributed by atoms with Crippen molar-refractivity contribution in [2.45, 2.75) is 16.9 Å². The third kappa shape index (κ3) is 3.87. The number of nitrogens with zero attached hydrogens (tertiary/aromatic N) is 1. The van der Waals surface area contributed by atoms with Crippen LogP contribution >= 0.6 is 0 Å². The summed E-state index contributed by atoms with van der Waals surface area (Å²) >= 11 is 0. The first-order valence-corrected chi connectivity index (χ1v) is 12.0. The van der Waals surface area contributed by atoms with Crippen molar-refractivity contribution in [1.29, 1.82) is 0 Å². The van der Waals surface area contributed by atoms with Crippen LogP contribution in [0, 0.1) is 0 Å². The maximum atomic E-state index is 13.8. The first-order chi connectivity index (χ1) is 16.9. The number of benzene rings is 4. The van der Waals surface area contributed by atoms with E-state index in [2.05, 4.69) is 4.74 Å². The van der Waals surface area contributed by atoms with Gasteiger partial charge < -0.3 is 9.84 Å². The molecular weight excluding hydrogens is 497 g/mol. The summed E-state index contributed by atoms with van der Waals surface area (Å²) < 4.78 is 65.3. The zero-order valence-electron chi connectivity index (χ0n) is 18.2. The highest BCUT2D eigenvalue weighted by Gasteiger charge is 2.51. The molecule has 1 unspecified atom stereocenters. The van der Waals surface area contributed by atoms with Crippen molar-refractivity contribution < 1.29 is 36.2 Å². The number of carbonyl (C=O) groups excluding carboxylic acids is 1. The molecule has 4 aromatic rings. The van der Waals surface area contributed by atoms with E-state index in [-0.39, 0.29) is 16.0 Å². The number of carbonyl (C=O) groups is 1. The van der Waals surface area contributed by atoms with Crippen LogP contribution < -0.4 is 14.8 Å². The van der Waals surface area contributed by atoms with Crippen LogP contribution in [0.15, 0.2) is 89.8 Å². The largest absolute Gasteiger partial charge is 0.573 e. The van der Waals surface area contributed by atoms with E-state index in [1.165, 1.54) is 41.3 Å². The third-order valence-electron chi connectivity index (χ3n) is 5.95. The minimum atomic E-state index is -4.86. The Kier molecular flexibility index (Phi) is 5.32. The molecule has 0 radical (unpaired) electrons. The van der Waals surface area contributed by atoms with Gasteiger partial charge in [-0.3, -0.25) is 9.69 Å². The number of anilines is 2. The Morgan fingerprint density at radius 3 is 2.22 bits per heavy atom. The molecule has 3 N–H and O–H groups in total. The van der Waals surface area contributed by atoms with Crippen LogP contribution in [0.25, 0.3) is 10.8 Å². The number of para-hydroxylation sites is 1. The molecule has 1 aliphatic heterocycles. The second-order valence-electron chi connectivity index (χ2n) is 8.15. The van der Waals surface area contributed by atoms with Crippen LogP contribution in [0.4, 0.5) is 24.5 Å². The van der Waals surface area contributed by atoms with Gasteiger partial charge in [0.25, 0.3) is 5.91 Å². The van der Waals surface area contributed by atoms with Crippen LogP contribution in [0.3, 0.4) is 0 Å². The molecule has 4 aromatic carbocycles. The smallest absolute Gasteiger partial charge is 0.406 e. The number of fused-ring (bicyclic) bond motifs is 2. The van der Waals surface area contributed by atoms with Gasteiger partial charge >= 0.3 is 6.36 Å². The van der Waals surface area contributed by atoms with Gasteiger partial charge in [-0.1, -0.05) is 42.5 Å². The van der Waals surface area contributed by atoms with Crippen molar-refractivity contribution >= 4 is 38.1 Å². The molecule has 0 fully saturated rings. The van der Waals surface area contributed by atoms with E-state index in [1.807, 2.05) is 0 Å². The van der Waals surface area contributed by atoms with Gasteiger partial charge in [0.15, 0.2) is 5.60 Å². The number of rotatable bonds is 4.